The van der Waals surface area contributed by atoms with E-state index in [0.717, 1.165) is 5.57 Å². The van der Waals surface area contributed by atoms with Crippen molar-refractivity contribution < 1.29 is 14.3 Å². The molecule has 0 radical (unpaired) electrons. The Hall–Kier alpha value is -1.52. The van der Waals surface area contributed by atoms with E-state index in [9.17, 15) is 9.59 Å². The summed E-state index contributed by atoms with van der Waals surface area (Å²) < 4.78 is 5.24. The second-order valence-electron chi connectivity index (χ2n) is 6.30. The number of nitrogens with zero attached hydrogens (tertiary/aromatic N) is 1. The number of carbonyl (C=O) groups is 2. The van der Waals surface area contributed by atoms with Crippen LogP contribution >= 0.6 is 23.2 Å². The topological polar surface area (TPSA) is 46.6 Å². The van der Waals surface area contributed by atoms with E-state index in [4.69, 9.17) is 27.9 Å². The van der Waals surface area contributed by atoms with Gasteiger partial charge in [0.05, 0.1) is 40.2 Å². The second kappa shape index (κ2) is 6.41. The van der Waals surface area contributed by atoms with Crippen LogP contribution in [0.15, 0.2) is 29.8 Å². The lowest BCUT2D eigenvalue weighted by atomic mass is 9.74. The number of hydrogen-bond donors (Lipinski definition) is 0. The summed E-state index contributed by atoms with van der Waals surface area (Å²) in [5.74, 6) is -1.44. The Balaban J connectivity index is 2.12. The lowest BCUT2D eigenvalue weighted by molar-refractivity contribution is -0.151. The van der Waals surface area contributed by atoms with Crippen molar-refractivity contribution in [2.75, 3.05) is 11.5 Å². The number of benzene rings is 1. The van der Waals surface area contributed by atoms with Crippen molar-refractivity contribution in [2.24, 2.45) is 17.8 Å². The molecule has 4 atom stereocenters. The molecule has 1 aromatic rings. The molecular weight excluding hydrogens is 349 g/mol. The van der Waals surface area contributed by atoms with E-state index in [-0.39, 0.29) is 30.4 Å². The molecule has 0 saturated carbocycles. The van der Waals surface area contributed by atoms with E-state index in [1.54, 1.807) is 30.0 Å². The van der Waals surface area contributed by atoms with Crippen molar-refractivity contribution in [2.45, 2.75) is 26.8 Å². The molecule has 1 amide bonds. The summed E-state index contributed by atoms with van der Waals surface area (Å²) in [6, 6.07) is 4.80. The quantitative estimate of drug-likeness (QED) is 0.596. The SMILES string of the molecule is CCOC(=O)C1C2C(=O)N(c3cccc(Cl)c3Cl)C1C(C)=CC2C. The smallest absolute Gasteiger partial charge is 0.312 e. The van der Waals surface area contributed by atoms with E-state index < -0.39 is 11.8 Å². The Morgan fingerprint density at radius 2 is 2.04 bits per heavy atom. The van der Waals surface area contributed by atoms with Crippen molar-refractivity contribution >= 4 is 40.8 Å². The molecule has 4 nitrogen and oxygen atoms in total. The van der Waals surface area contributed by atoms with Crippen LogP contribution in [0.2, 0.25) is 10.0 Å². The summed E-state index contributed by atoms with van der Waals surface area (Å²) in [5.41, 5.74) is 1.51. The number of rotatable bonds is 3. The molecule has 1 fully saturated rings. The summed E-state index contributed by atoms with van der Waals surface area (Å²) in [7, 11) is 0. The molecule has 128 valence electrons. The van der Waals surface area contributed by atoms with Crippen molar-refractivity contribution in [1.29, 1.82) is 0 Å². The maximum absolute atomic E-state index is 13.1. The van der Waals surface area contributed by atoms with Crippen LogP contribution in [0.25, 0.3) is 0 Å². The number of anilines is 1. The van der Waals surface area contributed by atoms with Gasteiger partial charge in [-0.3, -0.25) is 9.59 Å². The zero-order valence-electron chi connectivity index (χ0n) is 13.8. The average Bonchev–Trinajstić information content (AvgIpc) is 2.79. The minimum atomic E-state index is -0.521. The highest BCUT2D eigenvalue weighted by Crippen LogP contribution is 2.48. The summed E-state index contributed by atoms with van der Waals surface area (Å²) in [6.07, 6.45) is 2.06. The lowest BCUT2D eigenvalue weighted by Crippen LogP contribution is -2.40. The predicted octanol–water partition coefficient (Wildman–Crippen LogP) is 4.10. The van der Waals surface area contributed by atoms with Gasteiger partial charge in [-0.2, -0.15) is 0 Å². The molecule has 6 heteroatoms. The third kappa shape index (κ3) is 2.52. The zero-order chi connectivity index (χ0) is 17.6. The second-order valence-corrected chi connectivity index (χ2v) is 7.08. The number of esters is 1. The Bertz CT molecular complexity index is 731. The molecular formula is C18H19Cl2NO3. The van der Waals surface area contributed by atoms with Gasteiger partial charge < -0.3 is 9.64 Å². The van der Waals surface area contributed by atoms with Gasteiger partial charge in [0.25, 0.3) is 0 Å². The van der Waals surface area contributed by atoms with Gasteiger partial charge in [-0.25, -0.2) is 0 Å². The molecule has 24 heavy (non-hydrogen) atoms. The number of halogens is 2. The van der Waals surface area contributed by atoms with Crippen LogP contribution in [0.4, 0.5) is 5.69 Å². The molecule has 1 aromatic carbocycles. The highest BCUT2D eigenvalue weighted by molar-refractivity contribution is 6.44. The Kier molecular flexibility index (Phi) is 4.63. The Morgan fingerprint density at radius 3 is 2.71 bits per heavy atom. The molecule has 2 aliphatic rings. The van der Waals surface area contributed by atoms with Crippen LogP contribution in [0.5, 0.6) is 0 Å². The van der Waals surface area contributed by atoms with E-state index in [1.807, 2.05) is 13.8 Å². The Labute approximate surface area is 151 Å². The van der Waals surface area contributed by atoms with Gasteiger partial charge in [0.1, 0.15) is 0 Å². The first-order valence-corrected chi connectivity index (χ1v) is 8.76. The number of carbonyl (C=O) groups excluding carboxylic acids is 2. The Morgan fingerprint density at radius 1 is 1.33 bits per heavy atom. The molecule has 4 unspecified atom stereocenters. The van der Waals surface area contributed by atoms with Gasteiger partial charge in [0.2, 0.25) is 5.91 Å². The summed E-state index contributed by atoms with van der Waals surface area (Å²) >= 11 is 12.5. The van der Waals surface area contributed by atoms with E-state index in [1.165, 1.54) is 0 Å². The molecule has 3 rings (SSSR count). The van der Waals surface area contributed by atoms with Crippen molar-refractivity contribution in [3.8, 4) is 0 Å². The molecule has 0 aromatic heterocycles. The third-order valence-electron chi connectivity index (χ3n) is 4.84. The van der Waals surface area contributed by atoms with Crippen molar-refractivity contribution in [3.63, 3.8) is 0 Å². The number of amides is 1. The number of fused-ring (bicyclic) bond motifs is 2. The van der Waals surface area contributed by atoms with Crippen LogP contribution in [-0.2, 0) is 14.3 Å². The zero-order valence-corrected chi connectivity index (χ0v) is 15.3. The van der Waals surface area contributed by atoms with Crippen LogP contribution in [-0.4, -0.2) is 24.5 Å². The molecule has 0 spiro atoms. The van der Waals surface area contributed by atoms with Gasteiger partial charge in [-0.05, 0) is 31.9 Å². The highest BCUT2D eigenvalue weighted by Gasteiger charge is 2.57. The molecule has 1 heterocycles. The highest BCUT2D eigenvalue weighted by atomic mass is 35.5. The average molecular weight is 368 g/mol. The maximum Gasteiger partial charge on any atom is 0.312 e. The van der Waals surface area contributed by atoms with Crippen LogP contribution in [0.1, 0.15) is 20.8 Å². The minimum Gasteiger partial charge on any atom is -0.466 e. The van der Waals surface area contributed by atoms with Crippen LogP contribution in [0, 0.1) is 17.8 Å². The summed E-state index contributed by atoms with van der Waals surface area (Å²) in [6.45, 7) is 5.95. The van der Waals surface area contributed by atoms with Gasteiger partial charge in [-0.1, -0.05) is 47.8 Å². The van der Waals surface area contributed by atoms with Gasteiger partial charge in [-0.15, -0.1) is 0 Å². The first-order valence-electron chi connectivity index (χ1n) is 8.00. The number of hydrogen-bond acceptors (Lipinski definition) is 3. The fourth-order valence-electron chi connectivity index (χ4n) is 3.93. The predicted molar refractivity (Wildman–Crippen MR) is 94.3 cm³/mol. The minimum absolute atomic E-state index is 0.0360. The van der Waals surface area contributed by atoms with Crippen LogP contribution in [0.3, 0.4) is 0 Å². The van der Waals surface area contributed by atoms with E-state index in [2.05, 4.69) is 6.08 Å². The lowest BCUT2D eigenvalue weighted by Gasteiger charge is -2.32. The van der Waals surface area contributed by atoms with Crippen LogP contribution < -0.4 is 4.90 Å². The molecule has 0 N–H and O–H groups in total. The van der Waals surface area contributed by atoms with Gasteiger partial charge in [0, 0.05) is 0 Å². The number of allylic oxidation sites excluding steroid dienone is 1. The monoisotopic (exact) mass is 367 g/mol. The summed E-state index contributed by atoms with van der Waals surface area (Å²) in [4.78, 5) is 27.3. The van der Waals surface area contributed by atoms with Crippen molar-refractivity contribution in [3.05, 3.63) is 39.9 Å². The molecule has 2 bridgehead atoms. The summed E-state index contributed by atoms with van der Waals surface area (Å²) in [5, 5.41) is 0.703. The molecule has 1 aliphatic carbocycles. The van der Waals surface area contributed by atoms with E-state index in [0.29, 0.717) is 15.7 Å². The van der Waals surface area contributed by atoms with Gasteiger partial charge in [0.15, 0.2) is 0 Å². The van der Waals surface area contributed by atoms with Crippen molar-refractivity contribution in [1.82, 2.24) is 0 Å². The first-order chi connectivity index (χ1) is 11.4. The normalized spacial score (nSPS) is 28.8. The largest absolute Gasteiger partial charge is 0.466 e. The van der Waals surface area contributed by atoms with E-state index >= 15 is 0 Å². The molecule has 1 saturated heterocycles. The maximum atomic E-state index is 13.1. The standard InChI is InChI=1S/C18H19Cl2NO3/c1-4-24-18(23)14-13-9(2)8-10(3)16(14)21(17(13)22)12-7-5-6-11(19)15(12)20/h5-9,13-14,16H,4H2,1-3H3. The third-order valence-corrected chi connectivity index (χ3v) is 5.65. The fraction of sp³-hybridized carbons (Fsp3) is 0.444. The molecule has 1 aliphatic heterocycles. The fourth-order valence-corrected chi connectivity index (χ4v) is 4.31. The van der Waals surface area contributed by atoms with Gasteiger partial charge >= 0.3 is 5.97 Å². The number of ether oxygens (including phenoxy) is 1. The first kappa shape index (κ1) is 17.3.